The minimum Gasteiger partial charge on any atom is -0.481 e. The Labute approximate surface area is 117 Å². The SMILES string of the molecule is C[C@@H](C(=O)O)c1ccc2c(c1)C=Cc1ccccc1O2. The van der Waals surface area contributed by atoms with Crippen LogP contribution in [0.2, 0.25) is 0 Å². The average molecular weight is 266 g/mol. The van der Waals surface area contributed by atoms with Crippen LogP contribution >= 0.6 is 0 Å². The highest BCUT2D eigenvalue weighted by Gasteiger charge is 2.16. The Balaban J connectivity index is 2.04. The van der Waals surface area contributed by atoms with Gasteiger partial charge in [0.1, 0.15) is 11.5 Å². The van der Waals surface area contributed by atoms with Gasteiger partial charge in [-0.2, -0.15) is 0 Å². The second kappa shape index (κ2) is 4.85. The average Bonchev–Trinajstić information content (AvgIpc) is 2.64. The van der Waals surface area contributed by atoms with E-state index in [0.717, 1.165) is 28.2 Å². The number of para-hydroxylation sites is 1. The molecule has 2 aromatic carbocycles. The Morgan fingerprint density at radius 1 is 1.05 bits per heavy atom. The summed E-state index contributed by atoms with van der Waals surface area (Å²) >= 11 is 0. The van der Waals surface area contributed by atoms with Gasteiger partial charge in [-0.05, 0) is 30.7 Å². The topological polar surface area (TPSA) is 46.5 Å². The van der Waals surface area contributed by atoms with Crippen LogP contribution in [0.4, 0.5) is 0 Å². The van der Waals surface area contributed by atoms with E-state index in [0.29, 0.717) is 0 Å². The summed E-state index contributed by atoms with van der Waals surface area (Å²) in [4.78, 5) is 11.1. The smallest absolute Gasteiger partial charge is 0.310 e. The molecule has 0 amide bonds. The second-order valence-corrected chi connectivity index (χ2v) is 4.83. The number of aliphatic carboxylic acids is 1. The van der Waals surface area contributed by atoms with Crippen LogP contribution in [0.1, 0.15) is 29.5 Å². The van der Waals surface area contributed by atoms with Gasteiger partial charge in [0.25, 0.3) is 0 Å². The molecule has 3 nitrogen and oxygen atoms in total. The van der Waals surface area contributed by atoms with Crippen molar-refractivity contribution in [1.29, 1.82) is 0 Å². The lowest BCUT2D eigenvalue weighted by Gasteiger charge is -2.12. The number of hydrogen-bond acceptors (Lipinski definition) is 2. The van der Waals surface area contributed by atoms with E-state index in [4.69, 9.17) is 9.84 Å². The zero-order valence-electron chi connectivity index (χ0n) is 11.0. The number of fused-ring (bicyclic) bond motifs is 2. The lowest BCUT2D eigenvalue weighted by atomic mass is 9.98. The predicted molar refractivity (Wildman–Crippen MR) is 77.9 cm³/mol. The third-order valence-electron chi connectivity index (χ3n) is 3.49. The van der Waals surface area contributed by atoms with E-state index in [1.165, 1.54) is 0 Å². The van der Waals surface area contributed by atoms with Crippen LogP contribution in [0.3, 0.4) is 0 Å². The third-order valence-corrected chi connectivity index (χ3v) is 3.49. The fraction of sp³-hybridized carbons (Fsp3) is 0.118. The van der Waals surface area contributed by atoms with Gasteiger partial charge in [0, 0.05) is 11.1 Å². The van der Waals surface area contributed by atoms with Crippen molar-refractivity contribution in [2.45, 2.75) is 12.8 Å². The minimum absolute atomic E-state index is 0.528. The Morgan fingerprint density at radius 3 is 2.55 bits per heavy atom. The largest absolute Gasteiger partial charge is 0.481 e. The van der Waals surface area contributed by atoms with Gasteiger partial charge < -0.3 is 9.84 Å². The fourth-order valence-corrected chi connectivity index (χ4v) is 2.21. The Kier molecular flexibility index (Phi) is 3.03. The van der Waals surface area contributed by atoms with E-state index in [1.54, 1.807) is 13.0 Å². The van der Waals surface area contributed by atoms with Crippen LogP contribution in [-0.4, -0.2) is 11.1 Å². The summed E-state index contributed by atoms with van der Waals surface area (Å²) in [5, 5.41) is 9.09. The third kappa shape index (κ3) is 2.18. The summed E-state index contributed by atoms with van der Waals surface area (Å²) in [5.74, 6) is 0.195. The van der Waals surface area contributed by atoms with Crippen molar-refractivity contribution in [2.24, 2.45) is 0 Å². The highest BCUT2D eigenvalue weighted by Crippen LogP contribution is 2.35. The predicted octanol–water partition coefficient (Wildman–Crippen LogP) is 4.15. The van der Waals surface area contributed by atoms with Gasteiger partial charge in [-0.15, -0.1) is 0 Å². The molecule has 1 aliphatic rings. The molecule has 20 heavy (non-hydrogen) atoms. The molecule has 0 saturated carbocycles. The van der Waals surface area contributed by atoms with Crippen molar-refractivity contribution in [3.05, 3.63) is 59.2 Å². The van der Waals surface area contributed by atoms with E-state index in [1.807, 2.05) is 48.6 Å². The Morgan fingerprint density at radius 2 is 1.75 bits per heavy atom. The van der Waals surface area contributed by atoms with E-state index >= 15 is 0 Å². The second-order valence-electron chi connectivity index (χ2n) is 4.83. The van der Waals surface area contributed by atoms with Gasteiger partial charge in [0.2, 0.25) is 0 Å². The molecule has 100 valence electrons. The molecule has 0 unspecified atom stereocenters. The van der Waals surface area contributed by atoms with Gasteiger partial charge >= 0.3 is 5.97 Å². The van der Waals surface area contributed by atoms with Crippen LogP contribution in [0.5, 0.6) is 11.5 Å². The van der Waals surface area contributed by atoms with Gasteiger partial charge in [-0.1, -0.05) is 36.4 Å². The summed E-state index contributed by atoms with van der Waals surface area (Å²) in [5.41, 5.74) is 2.68. The Hall–Kier alpha value is -2.55. The van der Waals surface area contributed by atoms with Crippen LogP contribution in [-0.2, 0) is 4.79 Å². The highest BCUT2D eigenvalue weighted by atomic mass is 16.5. The molecule has 0 saturated heterocycles. The summed E-state index contributed by atoms with van der Waals surface area (Å²) in [7, 11) is 0. The molecule has 1 atom stereocenters. The standard InChI is InChI=1S/C17H14O3/c1-11(17(18)19)13-8-9-16-14(10-13)7-6-12-4-2-3-5-15(12)20-16/h2-11H,1H3,(H,18,19)/t11-/m1/s1. The maximum atomic E-state index is 11.1. The fourth-order valence-electron chi connectivity index (χ4n) is 2.21. The first-order valence-corrected chi connectivity index (χ1v) is 6.47. The molecule has 0 aromatic heterocycles. The van der Waals surface area contributed by atoms with E-state index in [2.05, 4.69) is 0 Å². The quantitative estimate of drug-likeness (QED) is 0.757. The first kappa shape index (κ1) is 12.5. The number of carbonyl (C=O) groups is 1. The molecule has 0 bridgehead atoms. The maximum Gasteiger partial charge on any atom is 0.310 e. The number of rotatable bonds is 2. The molecule has 1 N–H and O–H groups in total. The van der Waals surface area contributed by atoms with Crippen molar-refractivity contribution in [3.8, 4) is 11.5 Å². The van der Waals surface area contributed by atoms with Crippen LogP contribution in [0.15, 0.2) is 42.5 Å². The first-order chi connectivity index (χ1) is 9.65. The van der Waals surface area contributed by atoms with Gasteiger partial charge in [0.15, 0.2) is 0 Å². The van der Waals surface area contributed by atoms with Crippen molar-refractivity contribution in [1.82, 2.24) is 0 Å². The zero-order valence-corrected chi connectivity index (χ0v) is 11.0. The van der Waals surface area contributed by atoms with Crippen molar-refractivity contribution in [2.75, 3.05) is 0 Å². The molecular formula is C17H14O3. The molecule has 1 heterocycles. The van der Waals surface area contributed by atoms with Crippen molar-refractivity contribution < 1.29 is 14.6 Å². The first-order valence-electron chi connectivity index (χ1n) is 6.47. The molecule has 1 aliphatic heterocycles. The highest BCUT2D eigenvalue weighted by molar-refractivity contribution is 5.80. The van der Waals surface area contributed by atoms with Crippen molar-refractivity contribution in [3.63, 3.8) is 0 Å². The molecule has 3 rings (SSSR count). The van der Waals surface area contributed by atoms with Gasteiger partial charge in [0.05, 0.1) is 5.92 Å². The molecule has 0 spiro atoms. The summed E-state index contributed by atoms with van der Waals surface area (Å²) < 4.78 is 5.89. The molecule has 0 aliphatic carbocycles. The van der Waals surface area contributed by atoms with Gasteiger partial charge in [-0.25, -0.2) is 0 Å². The molecule has 2 aromatic rings. The normalized spacial score (nSPS) is 13.7. The van der Waals surface area contributed by atoms with E-state index < -0.39 is 11.9 Å². The lowest BCUT2D eigenvalue weighted by molar-refractivity contribution is -0.138. The molecule has 0 radical (unpaired) electrons. The Bertz CT molecular complexity index is 701. The van der Waals surface area contributed by atoms with Crippen LogP contribution in [0.25, 0.3) is 12.2 Å². The number of ether oxygens (including phenoxy) is 1. The minimum atomic E-state index is -0.827. The monoisotopic (exact) mass is 266 g/mol. The van der Waals surface area contributed by atoms with E-state index in [-0.39, 0.29) is 0 Å². The number of hydrogen-bond donors (Lipinski definition) is 1. The van der Waals surface area contributed by atoms with Crippen LogP contribution in [0, 0.1) is 0 Å². The van der Waals surface area contributed by atoms with Crippen molar-refractivity contribution >= 4 is 18.1 Å². The maximum absolute atomic E-state index is 11.1. The number of carboxylic acid groups (broad SMARTS) is 1. The van der Waals surface area contributed by atoms with Gasteiger partial charge in [-0.3, -0.25) is 4.79 Å². The zero-order chi connectivity index (χ0) is 14.1. The molecular weight excluding hydrogens is 252 g/mol. The summed E-state index contributed by atoms with van der Waals surface area (Å²) in [6.07, 6.45) is 3.94. The molecule has 0 fully saturated rings. The van der Waals surface area contributed by atoms with Crippen LogP contribution < -0.4 is 4.74 Å². The number of benzene rings is 2. The van der Waals surface area contributed by atoms with E-state index in [9.17, 15) is 4.79 Å². The summed E-state index contributed by atoms with van der Waals surface area (Å²) in [6, 6.07) is 13.3. The molecule has 3 heteroatoms. The lowest BCUT2D eigenvalue weighted by Crippen LogP contribution is -2.07. The summed E-state index contributed by atoms with van der Waals surface area (Å²) in [6.45, 7) is 1.68. The number of carboxylic acids is 1.